The lowest BCUT2D eigenvalue weighted by atomic mass is 10.1. The number of Topliss-reactive ketones (excluding diaryl/α,β-unsaturated/α-hetero) is 1. The van der Waals surface area contributed by atoms with Crippen molar-refractivity contribution >= 4 is 17.4 Å². The van der Waals surface area contributed by atoms with Crippen molar-refractivity contribution in [1.29, 1.82) is 0 Å². The average Bonchev–Trinajstić information content (AvgIpc) is 2.78. The van der Waals surface area contributed by atoms with E-state index in [0.29, 0.717) is 53.7 Å². The Morgan fingerprint density at radius 3 is 2.32 bits per heavy atom. The highest BCUT2D eigenvalue weighted by Crippen LogP contribution is 2.28. The lowest BCUT2D eigenvalue weighted by molar-refractivity contribution is -0.116. The van der Waals surface area contributed by atoms with Crippen LogP contribution in [0, 0.1) is 0 Å². The first-order valence-corrected chi connectivity index (χ1v) is 9.85. The van der Waals surface area contributed by atoms with Crippen LogP contribution in [0.5, 0.6) is 23.0 Å². The number of nitrogens with zero attached hydrogens (tertiary/aromatic N) is 1. The van der Waals surface area contributed by atoms with Crippen LogP contribution in [0.3, 0.4) is 0 Å². The van der Waals surface area contributed by atoms with Crippen molar-refractivity contribution in [3.05, 3.63) is 72.6 Å². The number of carbonyl (C=O) groups is 2. The quantitative estimate of drug-likeness (QED) is 0.371. The summed E-state index contributed by atoms with van der Waals surface area (Å²) >= 11 is 0. The van der Waals surface area contributed by atoms with E-state index in [1.165, 1.54) is 14.0 Å². The highest BCUT2D eigenvalue weighted by atomic mass is 16.5. The van der Waals surface area contributed by atoms with Crippen molar-refractivity contribution in [2.75, 3.05) is 19.0 Å². The number of ketones is 1. The van der Waals surface area contributed by atoms with Crippen LogP contribution in [-0.4, -0.2) is 30.4 Å². The van der Waals surface area contributed by atoms with Crippen LogP contribution in [-0.2, 0) is 4.79 Å². The fraction of sp³-hybridized carbons (Fsp3) is 0.208. The predicted octanol–water partition coefficient (Wildman–Crippen LogP) is 4.88. The number of nitrogens with one attached hydrogen (secondary N) is 1. The molecule has 1 amide bonds. The second-order valence-corrected chi connectivity index (χ2v) is 6.73. The van der Waals surface area contributed by atoms with Gasteiger partial charge in [0.05, 0.1) is 13.7 Å². The van der Waals surface area contributed by atoms with Gasteiger partial charge >= 0.3 is 0 Å². The highest BCUT2D eigenvalue weighted by molar-refractivity contribution is 5.94. The minimum Gasteiger partial charge on any atom is -0.493 e. The molecule has 0 spiro atoms. The van der Waals surface area contributed by atoms with E-state index in [0.717, 1.165) is 0 Å². The predicted molar refractivity (Wildman–Crippen MR) is 117 cm³/mol. The molecule has 0 bridgehead atoms. The van der Waals surface area contributed by atoms with Crippen molar-refractivity contribution in [2.45, 2.75) is 19.8 Å². The second kappa shape index (κ2) is 10.8. The smallest absolute Gasteiger partial charge is 0.224 e. The van der Waals surface area contributed by atoms with Crippen molar-refractivity contribution < 1.29 is 23.8 Å². The number of rotatable bonds is 10. The molecule has 31 heavy (non-hydrogen) atoms. The standard InChI is InChI=1S/C24H24N2O5/c1-17(27)18-5-10-22(23(16-18)29-2)30-15-3-4-24(28)26-19-6-8-20(9-7-19)31-21-11-13-25-14-12-21/h5-14,16H,3-4,15H2,1-2H3,(H,26,28). The molecule has 7 heteroatoms. The summed E-state index contributed by atoms with van der Waals surface area (Å²) in [6.07, 6.45) is 4.16. The van der Waals surface area contributed by atoms with Gasteiger partial charge in [-0.15, -0.1) is 0 Å². The Bertz CT molecular complexity index is 1020. The summed E-state index contributed by atoms with van der Waals surface area (Å²) < 4.78 is 16.7. The summed E-state index contributed by atoms with van der Waals surface area (Å²) in [4.78, 5) is 27.6. The van der Waals surface area contributed by atoms with Gasteiger partial charge in [0, 0.05) is 30.1 Å². The van der Waals surface area contributed by atoms with Crippen molar-refractivity contribution in [3.63, 3.8) is 0 Å². The van der Waals surface area contributed by atoms with E-state index >= 15 is 0 Å². The van der Waals surface area contributed by atoms with Gasteiger partial charge in [-0.05, 0) is 67.9 Å². The average molecular weight is 420 g/mol. The van der Waals surface area contributed by atoms with Gasteiger partial charge in [0.1, 0.15) is 11.5 Å². The lowest BCUT2D eigenvalue weighted by Crippen LogP contribution is -2.12. The number of methoxy groups -OCH3 is 1. The van der Waals surface area contributed by atoms with Crippen LogP contribution >= 0.6 is 0 Å². The Balaban J connectivity index is 1.43. The molecule has 160 valence electrons. The number of amides is 1. The minimum absolute atomic E-state index is 0.0431. The van der Waals surface area contributed by atoms with Crippen molar-refractivity contribution in [3.8, 4) is 23.0 Å². The molecule has 0 aliphatic heterocycles. The van der Waals surface area contributed by atoms with Crippen LogP contribution < -0.4 is 19.5 Å². The molecule has 0 saturated carbocycles. The third-order valence-electron chi connectivity index (χ3n) is 4.40. The number of hydrogen-bond donors (Lipinski definition) is 1. The van der Waals surface area contributed by atoms with Gasteiger partial charge in [0.2, 0.25) is 5.91 Å². The molecule has 1 N–H and O–H groups in total. The number of pyridine rings is 1. The van der Waals surface area contributed by atoms with E-state index in [9.17, 15) is 9.59 Å². The maximum absolute atomic E-state index is 12.2. The van der Waals surface area contributed by atoms with Crippen LogP contribution in [0.4, 0.5) is 5.69 Å². The molecule has 1 aromatic heterocycles. The van der Waals surface area contributed by atoms with Gasteiger partial charge in [0.15, 0.2) is 17.3 Å². The number of ether oxygens (including phenoxy) is 3. The van der Waals surface area contributed by atoms with Crippen LogP contribution in [0.1, 0.15) is 30.1 Å². The Labute approximate surface area is 181 Å². The third kappa shape index (κ3) is 6.57. The summed E-state index contributed by atoms with van der Waals surface area (Å²) in [5.74, 6) is 2.24. The molecule has 3 aromatic rings. The molecule has 0 aliphatic carbocycles. The van der Waals surface area contributed by atoms with Crippen molar-refractivity contribution in [2.24, 2.45) is 0 Å². The monoisotopic (exact) mass is 420 g/mol. The molecular weight excluding hydrogens is 396 g/mol. The molecule has 0 aliphatic rings. The summed E-state index contributed by atoms with van der Waals surface area (Å²) in [5, 5.41) is 2.85. The number of aromatic nitrogens is 1. The molecule has 1 heterocycles. The van der Waals surface area contributed by atoms with Gasteiger partial charge in [0.25, 0.3) is 0 Å². The van der Waals surface area contributed by atoms with Crippen LogP contribution in [0.2, 0.25) is 0 Å². The summed E-state index contributed by atoms with van der Waals surface area (Å²) in [6.45, 7) is 1.84. The topological polar surface area (TPSA) is 86.8 Å². The van der Waals surface area contributed by atoms with Crippen LogP contribution in [0.25, 0.3) is 0 Å². The van der Waals surface area contributed by atoms with Gasteiger partial charge in [-0.3, -0.25) is 14.6 Å². The molecule has 0 unspecified atom stereocenters. The molecule has 7 nitrogen and oxygen atoms in total. The third-order valence-corrected chi connectivity index (χ3v) is 4.40. The van der Waals surface area contributed by atoms with Gasteiger partial charge in [-0.1, -0.05) is 0 Å². The Morgan fingerprint density at radius 2 is 1.65 bits per heavy atom. The Kier molecular flexibility index (Phi) is 7.59. The van der Waals surface area contributed by atoms with Gasteiger partial charge in [-0.25, -0.2) is 0 Å². The Hall–Kier alpha value is -3.87. The van der Waals surface area contributed by atoms with E-state index in [4.69, 9.17) is 14.2 Å². The fourth-order valence-corrected chi connectivity index (χ4v) is 2.79. The molecule has 2 aromatic carbocycles. The van der Waals surface area contributed by atoms with Gasteiger partial charge in [-0.2, -0.15) is 0 Å². The van der Waals surface area contributed by atoms with E-state index in [1.54, 1.807) is 67.0 Å². The number of anilines is 1. The first kappa shape index (κ1) is 21.8. The molecule has 3 rings (SSSR count). The normalized spacial score (nSPS) is 10.3. The second-order valence-electron chi connectivity index (χ2n) is 6.73. The van der Waals surface area contributed by atoms with E-state index < -0.39 is 0 Å². The van der Waals surface area contributed by atoms with E-state index in [1.807, 2.05) is 0 Å². The molecule has 0 saturated heterocycles. The maximum atomic E-state index is 12.2. The lowest BCUT2D eigenvalue weighted by Gasteiger charge is -2.12. The molecular formula is C24H24N2O5. The zero-order chi connectivity index (χ0) is 22.1. The summed E-state index contributed by atoms with van der Waals surface area (Å²) in [5.41, 5.74) is 1.25. The highest BCUT2D eigenvalue weighted by Gasteiger charge is 2.09. The summed E-state index contributed by atoms with van der Waals surface area (Å²) in [7, 11) is 1.52. The SMILES string of the molecule is COc1cc(C(C)=O)ccc1OCCCC(=O)Nc1ccc(Oc2ccncc2)cc1. The zero-order valence-corrected chi connectivity index (χ0v) is 17.5. The maximum Gasteiger partial charge on any atom is 0.224 e. The minimum atomic E-state index is -0.106. The molecule has 0 fully saturated rings. The van der Waals surface area contributed by atoms with E-state index in [2.05, 4.69) is 10.3 Å². The first-order valence-electron chi connectivity index (χ1n) is 9.85. The van der Waals surface area contributed by atoms with Crippen LogP contribution in [0.15, 0.2) is 67.0 Å². The molecule has 0 atom stereocenters. The number of benzene rings is 2. The number of carbonyl (C=O) groups excluding carboxylic acids is 2. The van der Waals surface area contributed by atoms with Gasteiger partial charge < -0.3 is 19.5 Å². The molecule has 0 radical (unpaired) electrons. The zero-order valence-electron chi connectivity index (χ0n) is 17.5. The van der Waals surface area contributed by atoms with Crippen molar-refractivity contribution in [1.82, 2.24) is 4.98 Å². The largest absolute Gasteiger partial charge is 0.493 e. The van der Waals surface area contributed by atoms with E-state index in [-0.39, 0.29) is 11.7 Å². The fourth-order valence-electron chi connectivity index (χ4n) is 2.79. The summed E-state index contributed by atoms with van der Waals surface area (Å²) in [6, 6.07) is 15.7. The number of hydrogen-bond acceptors (Lipinski definition) is 6. The Morgan fingerprint density at radius 1 is 0.935 bits per heavy atom. The first-order chi connectivity index (χ1) is 15.0.